The van der Waals surface area contributed by atoms with Gasteiger partial charge in [-0.1, -0.05) is 0 Å². The van der Waals surface area contributed by atoms with Gasteiger partial charge in [0.05, 0.1) is 34.1 Å². The Hall–Kier alpha value is -2.52. The molecule has 0 aliphatic carbocycles. The first-order valence-corrected chi connectivity index (χ1v) is 9.64. The molecule has 0 spiro atoms. The molecule has 1 amide bonds. The smallest absolute Gasteiger partial charge is 0.305 e. The van der Waals surface area contributed by atoms with Gasteiger partial charge in [0, 0.05) is 11.0 Å². The van der Waals surface area contributed by atoms with Crippen molar-refractivity contribution in [3.05, 3.63) is 53.0 Å². The summed E-state index contributed by atoms with van der Waals surface area (Å²) < 4.78 is 27.9. The summed E-state index contributed by atoms with van der Waals surface area (Å²) in [6, 6.07) is 8.32. The molecule has 3 aromatic rings. The van der Waals surface area contributed by atoms with Crippen molar-refractivity contribution < 1.29 is 23.5 Å². The number of carboxylic acid groups (broad SMARTS) is 1. The van der Waals surface area contributed by atoms with E-state index < -0.39 is 28.8 Å². The molecule has 0 saturated carbocycles. The van der Waals surface area contributed by atoms with Crippen molar-refractivity contribution in [1.29, 1.82) is 0 Å². The van der Waals surface area contributed by atoms with Gasteiger partial charge in [0.1, 0.15) is 16.6 Å². The van der Waals surface area contributed by atoms with Crippen LogP contribution in [0.5, 0.6) is 0 Å². The van der Waals surface area contributed by atoms with Gasteiger partial charge in [0.25, 0.3) is 0 Å². The first-order chi connectivity index (χ1) is 12.9. The number of hydrogen-bond acceptors (Lipinski definition) is 5. The van der Waals surface area contributed by atoms with E-state index in [1.165, 1.54) is 46.6 Å². The Bertz CT molecular complexity index is 1070. The summed E-state index contributed by atoms with van der Waals surface area (Å²) >= 11 is 2.43. The zero-order valence-corrected chi connectivity index (χ0v) is 15.3. The SMILES string of the molecule is O=C(O)CC1Sc2ccc(F)cc2N(Cc2nc3cc(F)ccc3s2)C1=O. The average molecular weight is 406 g/mol. The topological polar surface area (TPSA) is 70.5 Å². The van der Waals surface area contributed by atoms with Gasteiger partial charge >= 0.3 is 5.97 Å². The number of thiazole rings is 1. The number of halogens is 2. The molecule has 1 N–H and O–H groups in total. The largest absolute Gasteiger partial charge is 0.481 e. The summed E-state index contributed by atoms with van der Waals surface area (Å²) in [7, 11) is 0. The number of carboxylic acids is 1. The van der Waals surface area contributed by atoms with Crippen LogP contribution in [-0.4, -0.2) is 27.2 Å². The molecule has 1 aliphatic heterocycles. The lowest BCUT2D eigenvalue weighted by molar-refractivity contribution is -0.138. The van der Waals surface area contributed by atoms with Gasteiger partial charge in [0.2, 0.25) is 5.91 Å². The average Bonchev–Trinajstić information content (AvgIpc) is 3.00. The summed E-state index contributed by atoms with van der Waals surface area (Å²) in [4.78, 5) is 30.3. The minimum absolute atomic E-state index is 0.0624. The van der Waals surface area contributed by atoms with E-state index in [1.54, 1.807) is 6.07 Å². The van der Waals surface area contributed by atoms with Gasteiger partial charge in [-0.15, -0.1) is 23.1 Å². The fourth-order valence-corrected chi connectivity index (χ4v) is 5.03. The van der Waals surface area contributed by atoms with E-state index in [0.29, 0.717) is 21.1 Å². The Labute approximate surface area is 160 Å². The van der Waals surface area contributed by atoms with Gasteiger partial charge in [-0.2, -0.15) is 0 Å². The number of hydrogen-bond donors (Lipinski definition) is 1. The molecule has 4 rings (SSSR count). The van der Waals surface area contributed by atoms with Crippen molar-refractivity contribution in [2.24, 2.45) is 0 Å². The maximum absolute atomic E-state index is 13.8. The lowest BCUT2D eigenvalue weighted by Gasteiger charge is -2.32. The highest BCUT2D eigenvalue weighted by Crippen LogP contribution is 2.41. The lowest BCUT2D eigenvalue weighted by Crippen LogP contribution is -2.41. The second-order valence-corrected chi connectivity index (χ2v) is 8.32. The third-order valence-corrected chi connectivity index (χ3v) is 6.34. The van der Waals surface area contributed by atoms with Gasteiger partial charge in [-0.3, -0.25) is 9.59 Å². The maximum Gasteiger partial charge on any atom is 0.305 e. The second kappa shape index (κ2) is 6.90. The molecule has 9 heteroatoms. The first kappa shape index (κ1) is 17.9. The van der Waals surface area contributed by atoms with Crippen LogP contribution < -0.4 is 4.90 Å². The molecule has 1 unspecified atom stereocenters. The zero-order valence-electron chi connectivity index (χ0n) is 13.7. The molecule has 0 fully saturated rings. The maximum atomic E-state index is 13.8. The molecule has 0 saturated heterocycles. The van der Waals surface area contributed by atoms with Crippen LogP contribution in [-0.2, 0) is 16.1 Å². The number of nitrogens with zero attached hydrogens (tertiary/aromatic N) is 2. The van der Waals surface area contributed by atoms with Gasteiger partial charge in [-0.05, 0) is 30.3 Å². The normalized spacial score (nSPS) is 16.6. The number of carbonyl (C=O) groups is 2. The number of carbonyl (C=O) groups excluding carboxylic acids is 1. The van der Waals surface area contributed by atoms with Crippen molar-refractivity contribution in [2.45, 2.75) is 23.1 Å². The van der Waals surface area contributed by atoms with Crippen LogP contribution in [0.1, 0.15) is 11.4 Å². The summed E-state index contributed by atoms with van der Waals surface area (Å²) in [6.45, 7) is 0.0624. The van der Waals surface area contributed by atoms with Crippen molar-refractivity contribution in [2.75, 3.05) is 4.90 Å². The van der Waals surface area contributed by atoms with Crippen LogP contribution in [0, 0.1) is 11.6 Å². The van der Waals surface area contributed by atoms with E-state index in [9.17, 15) is 18.4 Å². The van der Waals surface area contributed by atoms with Gasteiger partial charge in [0.15, 0.2) is 0 Å². The van der Waals surface area contributed by atoms with E-state index in [2.05, 4.69) is 4.98 Å². The van der Waals surface area contributed by atoms with E-state index in [4.69, 9.17) is 5.11 Å². The number of anilines is 1. The third-order valence-electron chi connectivity index (χ3n) is 4.07. The molecule has 2 heterocycles. The number of amides is 1. The second-order valence-electron chi connectivity index (χ2n) is 5.96. The van der Waals surface area contributed by atoms with Crippen LogP contribution >= 0.6 is 23.1 Å². The number of thioether (sulfide) groups is 1. The summed E-state index contributed by atoms with van der Waals surface area (Å²) in [6.07, 6.45) is -0.331. The van der Waals surface area contributed by atoms with Gasteiger partial charge < -0.3 is 10.0 Å². The van der Waals surface area contributed by atoms with Crippen molar-refractivity contribution >= 4 is 50.9 Å². The molecule has 27 heavy (non-hydrogen) atoms. The number of fused-ring (bicyclic) bond motifs is 2. The Balaban J connectivity index is 1.72. The quantitative estimate of drug-likeness (QED) is 0.708. The highest BCUT2D eigenvalue weighted by Gasteiger charge is 2.35. The van der Waals surface area contributed by atoms with Crippen molar-refractivity contribution in [3.63, 3.8) is 0 Å². The number of aliphatic carboxylic acids is 1. The monoisotopic (exact) mass is 406 g/mol. The molecular formula is C18H12F2N2O3S2. The van der Waals surface area contributed by atoms with Crippen LogP contribution in [0.2, 0.25) is 0 Å². The van der Waals surface area contributed by atoms with Crippen LogP contribution in [0.25, 0.3) is 10.2 Å². The van der Waals surface area contributed by atoms with Crippen LogP contribution in [0.15, 0.2) is 41.3 Å². The standard InChI is InChI=1S/C18H12F2N2O3S2/c19-9-1-3-13-11(5-9)21-16(27-13)8-22-12-6-10(20)2-4-14(12)26-15(18(22)25)7-17(23)24/h1-6,15H,7-8H2,(H,23,24). The first-order valence-electron chi connectivity index (χ1n) is 7.95. The Kier molecular flexibility index (Phi) is 4.56. The van der Waals surface area contributed by atoms with E-state index in [1.807, 2.05) is 0 Å². The Morgan fingerprint density at radius 1 is 1.19 bits per heavy atom. The summed E-state index contributed by atoms with van der Waals surface area (Å²) in [5, 5.41) is 8.84. The van der Waals surface area contributed by atoms with Crippen molar-refractivity contribution in [1.82, 2.24) is 4.98 Å². The van der Waals surface area contributed by atoms with Crippen molar-refractivity contribution in [3.8, 4) is 0 Å². The molecule has 0 bridgehead atoms. The fourth-order valence-electron chi connectivity index (χ4n) is 2.90. The molecule has 1 aliphatic rings. The number of rotatable bonds is 4. The zero-order chi connectivity index (χ0) is 19.1. The van der Waals surface area contributed by atoms with E-state index in [-0.39, 0.29) is 13.0 Å². The highest BCUT2D eigenvalue weighted by atomic mass is 32.2. The third kappa shape index (κ3) is 3.52. The minimum Gasteiger partial charge on any atom is -0.481 e. The number of aromatic nitrogens is 1. The Morgan fingerprint density at radius 3 is 2.70 bits per heavy atom. The van der Waals surface area contributed by atoms with Gasteiger partial charge in [-0.25, -0.2) is 13.8 Å². The molecule has 1 atom stereocenters. The Morgan fingerprint density at radius 2 is 1.93 bits per heavy atom. The molecule has 2 aromatic carbocycles. The fraction of sp³-hybridized carbons (Fsp3) is 0.167. The summed E-state index contributed by atoms with van der Waals surface area (Å²) in [5.74, 6) is -2.39. The van der Waals surface area contributed by atoms with Crippen LogP contribution in [0.4, 0.5) is 14.5 Å². The predicted molar refractivity (Wildman–Crippen MR) is 99.1 cm³/mol. The molecule has 138 valence electrons. The van der Waals surface area contributed by atoms with Crippen LogP contribution in [0.3, 0.4) is 0 Å². The molecule has 0 radical (unpaired) electrons. The highest BCUT2D eigenvalue weighted by molar-refractivity contribution is 8.01. The molecule has 1 aromatic heterocycles. The minimum atomic E-state index is -1.08. The molecular weight excluding hydrogens is 394 g/mol. The summed E-state index contributed by atoms with van der Waals surface area (Å²) in [5.41, 5.74) is 0.868. The number of benzene rings is 2. The lowest BCUT2D eigenvalue weighted by atomic mass is 10.2. The van der Waals surface area contributed by atoms with E-state index in [0.717, 1.165) is 16.5 Å². The van der Waals surface area contributed by atoms with E-state index >= 15 is 0 Å². The predicted octanol–water partition coefficient (Wildman–Crippen LogP) is 4.06. The molecule has 5 nitrogen and oxygen atoms in total.